The molecule has 0 N–H and O–H groups in total. The number of amides is 2. The topological polar surface area (TPSA) is 49.9 Å². The molecule has 1 fully saturated rings. The van der Waals surface area contributed by atoms with E-state index in [2.05, 4.69) is 0 Å². The standard InChI is InChI=1S/C23H23FN2O3S/c1-25(2)23(28)22-21(16-7-3-6-10-19(16)30-22)15-11-12-26(13-15)20(27)14-29-18-9-5-4-8-17(18)24/h3-10,15H,11-14H2,1-2H3/t15-/m1/s1. The molecule has 0 radical (unpaired) electrons. The summed E-state index contributed by atoms with van der Waals surface area (Å²) in [6.07, 6.45) is 0.778. The molecule has 0 aliphatic carbocycles. The number of hydrogen-bond donors (Lipinski definition) is 0. The maximum absolute atomic E-state index is 13.7. The number of rotatable bonds is 5. The van der Waals surface area contributed by atoms with Gasteiger partial charge < -0.3 is 14.5 Å². The van der Waals surface area contributed by atoms with Crippen molar-refractivity contribution in [3.05, 3.63) is 64.8 Å². The number of nitrogens with zero attached hydrogens (tertiary/aromatic N) is 2. The predicted octanol–water partition coefficient (Wildman–Crippen LogP) is 4.14. The summed E-state index contributed by atoms with van der Waals surface area (Å²) in [4.78, 5) is 29.5. The van der Waals surface area contributed by atoms with Crippen molar-refractivity contribution in [3.8, 4) is 5.75 Å². The first-order valence-corrected chi connectivity index (χ1v) is 10.7. The first-order chi connectivity index (χ1) is 14.5. The minimum absolute atomic E-state index is 0.0149. The summed E-state index contributed by atoms with van der Waals surface area (Å²) in [5.41, 5.74) is 1.03. The van der Waals surface area contributed by atoms with E-state index >= 15 is 0 Å². The summed E-state index contributed by atoms with van der Waals surface area (Å²) in [6, 6.07) is 14.1. The van der Waals surface area contributed by atoms with Crippen molar-refractivity contribution in [1.82, 2.24) is 9.80 Å². The zero-order valence-electron chi connectivity index (χ0n) is 16.9. The fourth-order valence-electron chi connectivity index (χ4n) is 3.85. The summed E-state index contributed by atoms with van der Waals surface area (Å²) >= 11 is 1.50. The third kappa shape index (κ3) is 3.89. The highest BCUT2D eigenvalue weighted by atomic mass is 32.1. The van der Waals surface area contributed by atoms with E-state index in [1.165, 1.54) is 23.5 Å². The number of halogens is 1. The maximum atomic E-state index is 13.7. The van der Waals surface area contributed by atoms with Gasteiger partial charge in [-0.1, -0.05) is 30.3 Å². The number of benzene rings is 2. The number of carbonyl (C=O) groups excluding carboxylic acids is 2. The number of thiophene rings is 1. The molecule has 5 nitrogen and oxygen atoms in total. The minimum Gasteiger partial charge on any atom is -0.481 e. The van der Waals surface area contributed by atoms with Crippen LogP contribution >= 0.6 is 11.3 Å². The number of hydrogen-bond acceptors (Lipinski definition) is 4. The van der Waals surface area contributed by atoms with E-state index in [1.807, 2.05) is 24.3 Å². The molecule has 1 atom stereocenters. The van der Waals surface area contributed by atoms with Crippen LogP contribution < -0.4 is 4.74 Å². The molecule has 1 aliphatic heterocycles. The predicted molar refractivity (Wildman–Crippen MR) is 116 cm³/mol. The molecule has 3 aromatic rings. The summed E-state index contributed by atoms with van der Waals surface area (Å²) in [5, 5.41) is 1.08. The number of carbonyl (C=O) groups is 2. The largest absolute Gasteiger partial charge is 0.481 e. The van der Waals surface area contributed by atoms with Crippen LogP contribution in [0, 0.1) is 5.82 Å². The van der Waals surface area contributed by atoms with Gasteiger partial charge in [-0.2, -0.15) is 0 Å². The zero-order valence-corrected chi connectivity index (χ0v) is 17.7. The van der Waals surface area contributed by atoms with E-state index < -0.39 is 5.82 Å². The van der Waals surface area contributed by atoms with Gasteiger partial charge in [0.25, 0.3) is 11.8 Å². The molecular formula is C23H23FN2O3S. The van der Waals surface area contributed by atoms with Crippen LogP contribution in [0.4, 0.5) is 4.39 Å². The smallest absolute Gasteiger partial charge is 0.263 e. The summed E-state index contributed by atoms with van der Waals surface area (Å²) in [5.74, 6) is -0.525. The van der Waals surface area contributed by atoms with Crippen LogP contribution in [0.2, 0.25) is 0 Å². The summed E-state index contributed by atoms with van der Waals surface area (Å²) in [6.45, 7) is 0.902. The van der Waals surface area contributed by atoms with Crippen molar-refractivity contribution in [3.63, 3.8) is 0 Å². The molecule has 1 aromatic heterocycles. The minimum atomic E-state index is -0.485. The molecule has 2 amide bonds. The Morgan fingerprint density at radius 1 is 1.17 bits per heavy atom. The van der Waals surface area contributed by atoms with Crippen LogP contribution in [0.5, 0.6) is 5.75 Å². The summed E-state index contributed by atoms with van der Waals surface area (Å²) in [7, 11) is 3.50. The summed E-state index contributed by atoms with van der Waals surface area (Å²) < 4.78 is 20.2. The van der Waals surface area contributed by atoms with E-state index in [0.717, 1.165) is 26.9 Å². The molecule has 0 spiro atoms. The Kier molecular flexibility index (Phi) is 5.72. The number of ether oxygens (including phenoxy) is 1. The Labute approximate surface area is 178 Å². The Hall–Kier alpha value is -2.93. The average molecular weight is 427 g/mol. The van der Waals surface area contributed by atoms with Gasteiger partial charge in [0.1, 0.15) is 0 Å². The van der Waals surface area contributed by atoms with Crippen molar-refractivity contribution < 1.29 is 18.7 Å². The van der Waals surface area contributed by atoms with Gasteiger partial charge in [-0.05, 0) is 35.6 Å². The molecular weight excluding hydrogens is 403 g/mol. The lowest BCUT2D eigenvalue weighted by atomic mass is 9.95. The van der Waals surface area contributed by atoms with Gasteiger partial charge in [0.2, 0.25) is 0 Å². The van der Waals surface area contributed by atoms with Gasteiger partial charge in [-0.15, -0.1) is 11.3 Å². The lowest BCUT2D eigenvalue weighted by Crippen LogP contribution is -2.33. The van der Waals surface area contributed by atoms with Crippen LogP contribution in [0.1, 0.15) is 27.6 Å². The van der Waals surface area contributed by atoms with Crippen molar-refractivity contribution in [2.45, 2.75) is 12.3 Å². The van der Waals surface area contributed by atoms with Crippen LogP contribution in [-0.4, -0.2) is 55.4 Å². The van der Waals surface area contributed by atoms with E-state index in [9.17, 15) is 14.0 Å². The quantitative estimate of drug-likeness (QED) is 0.616. The first kappa shape index (κ1) is 20.3. The lowest BCUT2D eigenvalue weighted by Gasteiger charge is -2.18. The molecule has 0 unspecified atom stereocenters. The molecule has 2 heterocycles. The van der Waals surface area contributed by atoms with Gasteiger partial charge in [-0.3, -0.25) is 9.59 Å². The van der Waals surface area contributed by atoms with Crippen molar-refractivity contribution in [2.75, 3.05) is 33.8 Å². The van der Waals surface area contributed by atoms with E-state index in [1.54, 1.807) is 36.0 Å². The molecule has 4 rings (SSSR count). The van der Waals surface area contributed by atoms with Crippen LogP contribution in [0.15, 0.2) is 48.5 Å². The third-order valence-electron chi connectivity index (χ3n) is 5.37. The van der Waals surface area contributed by atoms with Gasteiger partial charge in [0.15, 0.2) is 18.2 Å². The lowest BCUT2D eigenvalue weighted by molar-refractivity contribution is -0.132. The molecule has 0 saturated carbocycles. The van der Waals surface area contributed by atoms with Crippen LogP contribution in [0.3, 0.4) is 0 Å². The van der Waals surface area contributed by atoms with Gasteiger partial charge in [0, 0.05) is 37.8 Å². The molecule has 1 aliphatic rings. The van der Waals surface area contributed by atoms with Crippen LogP contribution in [-0.2, 0) is 4.79 Å². The first-order valence-electron chi connectivity index (χ1n) is 9.84. The molecule has 2 aromatic carbocycles. The Bertz CT molecular complexity index is 1090. The van der Waals surface area contributed by atoms with Gasteiger partial charge in [-0.25, -0.2) is 4.39 Å². The normalized spacial score (nSPS) is 16.1. The highest BCUT2D eigenvalue weighted by Crippen LogP contribution is 2.40. The van der Waals surface area contributed by atoms with Crippen LogP contribution in [0.25, 0.3) is 10.1 Å². The molecule has 7 heteroatoms. The van der Waals surface area contributed by atoms with E-state index in [0.29, 0.717) is 13.1 Å². The molecule has 0 bridgehead atoms. The second-order valence-electron chi connectivity index (χ2n) is 7.59. The fraction of sp³-hybridized carbons (Fsp3) is 0.304. The molecule has 30 heavy (non-hydrogen) atoms. The highest BCUT2D eigenvalue weighted by Gasteiger charge is 2.33. The zero-order chi connectivity index (χ0) is 21.3. The Morgan fingerprint density at radius 2 is 1.90 bits per heavy atom. The van der Waals surface area contributed by atoms with E-state index in [4.69, 9.17) is 4.74 Å². The monoisotopic (exact) mass is 426 g/mol. The maximum Gasteiger partial charge on any atom is 0.263 e. The SMILES string of the molecule is CN(C)C(=O)c1sc2ccccc2c1[C@@H]1CCN(C(=O)COc2ccccc2F)C1. The van der Waals surface area contributed by atoms with Gasteiger partial charge >= 0.3 is 0 Å². The van der Waals surface area contributed by atoms with Crippen molar-refractivity contribution >= 4 is 33.2 Å². The Balaban J connectivity index is 1.52. The molecule has 1 saturated heterocycles. The number of para-hydroxylation sites is 1. The third-order valence-corrected chi connectivity index (χ3v) is 6.55. The molecule has 156 valence electrons. The Morgan fingerprint density at radius 3 is 2.67 bits per heavy atom. The second kappa shape index (κ2) is 8.44. The van der Waals surface area contributed by atoms with E-state index in [-0.39, 0.29) is 30.1 Å². The second-order valence-corrected chi connectivity index (χ2v) is 8.64. The number of fused-ring (bicyclic) bond motifs is 1. The number of likely N-dealkylation sites (tertiary alicyclic amines) is 1. The average Bonchev–Trinajstić information content (AvgIpc) is 3.37. The van der Waals surface area contributed by atoms with Gasteiger partial charge in [0.05, 0.1) is 4.88 Å². The highest BCUT2D eigenvalue weighted by molar-refractivity contribution is 7.21. The van der Waals surface area contributed by atoms with Crippen molar-refractivity contribution in [2.24, 2.45) is 0 Å². The van der Waals surface area contributed by atoms with Crippen molar-refractivity contribution in [1.29, 1.82) is 0 Å². The fourth-order valence-corrected chi connectivity index (χ4v) is 5.16.